The van der Waals surface area contributed by atoms with E-state index >= 15 is 0 Å². The molecule has 1 rings (SSSR count). The zero-order chi connectivity index (χ0) is 10.9. The summed E-state index contributed by atoms with van der Waals surface area (Å²) in [6.45, 7) is 2.22. The molecule has 0 radical (unpaired) electrons. The van der Waals surface area contributed by atoms with Gasteiger partial charge in [-0.05, 0) is 6.42 Å². The van der Waals surface area contributed by atoms with Gasteiger partial charge in [0.25, 0.3) is 0 Å². The van der Waals surface area contributed by atoms with Crippen LogP contribution in [0, 0.1) is 5.92 Å². The molecule has 1 heteroatoms. The van der Waals surface area contributed by atoms with Gasteiger partial charge in [0.2, 0.25) is 0 Å². The second-order valence-corrected chi connectivity index (χ2v) is 4.28. The summed E-state index contributed by atoms with van der Waals surface area (Å²) in [4.78, 5) is 11.6. The highest BCUT2D eigenvalue weighted by Crippen LogP contribution is 2.15. The summed E-state index contributed by atoms with van der Waals surface area (Å²) in [5.74, 6) is 0.469. The van der Waals surface area contributed by atoms with Crippen molar-refractivity contribution in [2.24, 2.45) is 5.92 Å². The second-order valence-electron chi connectivity index (χ2n) is 4.28. The van der Waals surface area contributed by atoms with Crippen LogP contribution in [0.15, 0.2) is 24.3 Å². The Kier molecular flexibility index (Phi) is 6.06. The molecule has 1 aliphatic carbocycles. The molecule has 1 aliphatic rings. The van der Waals surface area contributed by atoms with E-state index in [9.17, 15) is 4.79 Å². The number of hydrogen-bond acceptors (Lipinski definition) is 1. The summed E-state index contributed by atoms with van der Waals surface area (Å²) in [6.07, 6.45) is 16.2. The molecule has 15 heavy (non-hydrogen) atoms. The highest BCUT2D eigenvalue weighted by Gasteiger charge is 2.12. The van der Waals surface area contributed by atoms with Gasteiger partial charge in [0.1, 0.15) is 5.78 Å². The third-order valence-electron chi connectivity index (χ3n) is 2.90. The van der Waals surface area contributed by atoms with E-state index in [1.807, 2.05) is 24.3 Å². The fraction of sp³-hybridized carbons (Fsp3) is 0.643. The Balaban J connectivity index is 1.97. The molecular weight excluding hydrogens is 184 g/mol. The van der Waals surface area contributed by atoms with Gasteiger partial charge < -0.3 is 0 Å². The lowest BCUT2D eigenvalue weighted by atomic mass is 10.00. The lowest BCUT2D eigenvalue weighted by Crippen LogP contribution is -2.07. The molecule has 0 saturated heterocycles. The summed E-state index contributed by atoms with van der Waals surface area (Å²) in [6, 6.07) is 0. The van der Waals surface area contributed by atoms with Crippen LogP contribution >= 0.6 is 0 Å². The minimum absolute atomic E-state index is 0.0839. The third kappa shape index (κ3) is 4.96. The van der Waals surface area contributed by atoms with Crippen LogP contribution in [0.1, 0.15) is 51.9 Å². The number of hydrogen-bond donors (Lipinski definition) is 0. The van der Waals surface area contributed by atoms with E-state index in [4.69, 9.17) is 0 Å². The molecule has 0 aliphatic heterocycles. The topological polar surface area (TPSA) is 17.1 Å². The van der Waals surface area contributed by atoms with Crippen LogP contribution in [0.3, 0.4) is 0 Å². The van der Waals surface area contributed by atoms with E-state index in [0.717, 1.165) is 12.8 Å². The number of unbranched alkanes of at least 4 members (excludes halogenated alkanes) is 5. The zero-order valence-corrected chi connectivity index (χ0v) is 9.74. The van der Waals surface area contributed by atoms with E-state index in [1.165, 1.54) is 32.1 Å². The van der Waals surface area contributed by atoms with E-state index in [0.29, 0.717) is 5.78 Å². The van der Waals surface area contributed by atoms with Crippen molar-refractivity contribution < 1.29 is 4.79 Å². The first-order valence-electron chi connectivity index (χ1n) is 6.22. The molecule has 0 aromatic carbocycles. The Morgan fingerprint density at radius 2 is 1.60 bits per heavy atom. The number of carbonyl (C=O) groups excluding carboxylic acids is 1. The Labute approximate surface area is 93.3 Å². The summed E-state index contributed by atoms with van der Waals surface area (Å²) in [7, 11) is 0. The van der Waals surface area contributed by atoms with Gasteiger partial charge in [-0.3, -0.25) is 4.79 Å². The number of rotatable bonds is 8. The summed E-state index contributed by atoms with van der Waals surface area (Å²) >= 11 is 0. The average molecular weight is 206 g/mol. The molecule has 0 fully saturated rings. The molecule has 0 unspecified atom stereocenters. The lowest BCUT2D eigenvalue weighted by molar-refractivity contribution is -0.120. The molecule has 0 aromatic heterocycles. The minimum Gasteiger partial charge on any atom is -0.299 e. The predicted molar refractivity (Wildman–Crippen MR) is 64.8 cm³/mol. The van der Waals surface area contributed by atoms with Gasteiger partial charge in [-0.25, -0.2) is 0 Å². The Morgan fingerprint density at radius 1 is 1.00 bits per heavy atom. The molecule has 0 heterocycles. The maximum atomic E-state index is 11.6. The van der Waals surface area contributed by atoms with E-state index in [1.54, 1.807) is 0 Å². The Hall–Kier alpha value is -0.850. The average Bonchev–Trinajstić information content (AvgIpc) is 2.76. The molecule has 84 valence electrons. The van der Waals surface area contributed by atoms with Crippen molar-refractivity contribution in [3.8, 4) is 0 Å². The molecular formula is C14H22O. The molecule has 0 atom stereocenters. The lowest BCUT2D eigenvalue weighted by Gasteiger charge is -2.04. The van der Waals surface area contributed by atoms with Gasteiger partial charge in [-0.2, -0.15) is 0 Å². The van der Waals surface area contributed by atoms with Gasteiger partial charge in [0.05, 0.1) is 5.92 Å². The van der Waals surface area contributed by atoms with Crippen molar-refractivity contribution in [1.29, 1.82) is 0 Å². The molecule has 0 N–H and O–H groups in total. The second kappa shape index (κ2) is 7.44. The van der Waals surface area contributed by atoms with Gasteiger partial charge in [-0.1, -0.05) is 63.3 Å². The first kappa shape index (κ1) is 12.2. The molecule has 0 saturated carbocycles. The molecule has 0 amide bonds. The Bertz CT molecular complexity index is 226. The fourth-order valence-corrected chi connectivity index (χ4v) is 1.89. The van der Waals surface area contributed by atoms with Gasteiger partial charge in [0.15, 0.2) is 0 Å². The van der Waals surface area contributed by atoms with Crippen LogP contribution in [-0.2, 0) is 4.79 Å². The van der Waals surface area contributed by atoms with E-state index in [-0.39, 0.29) is 5.92 Å². The van der Waals surface area contributed by atoms with E-state index in [2.05, 4.69) is 6.92 Å². The summed E-state index contributed by atoms with van der Waals surface area (Å²) in [5, 5.41) is 0. The first-order chi connectivity index (χ1) is 7.34. The van der Waals surface area contributed by atoms with Crippen molar-refractivity contribution in [2.75, 3.05) is 0 Å². The third-order valence-corrected chi connectivity index (χ3v) is 2.90. The minimum atomic E-state index is 0.0839. The summed E-state index contributed by atoms with van der Waals surface area (Å²) in [5.41, 5.74) is 0. The van der Waals surface area contributed by atoms with Crippen LogP contribution in [0.5, 0.6) is 0 Å². The smallest absolute Gasteiger partial charge is 0.143 e. The van der Waals surface area contributed by atoms with Crippen LogP contribution in [0.2, 0.25) is 0 Å². The maximum absolute atomic E-state index is 11.6. The normalized spacial score (nSPS) is 15.0. The van der Waals surface area contributed by atoms with Crippen molar-refractivity contribution in [2.45, 2.75) is 51.9 Å². The van der Waals surface area contributed by atoms with Crippen molar-refractivity contribution in [3.05, 3.63) is 24.3 Å². The van der Waals surface area contributed by atoms with Crippen LogP contribution in [0.4, 0.5) is 0 Å². The van der Waals surface area contributed by atoms with Gasteiger partial charge in [0, 0.05) is 6.42 Å². The van der Waals surface area contributed by atoms with Crippen LogP contribution in [-0.4, -0.2) is 5.78 Å². The molecule has 0 bridgehead atoms. The van der Waals surface area contributed by atoms with Crippen LogP contribution < -0.4 is 0 Å². The highest BCUT2D eigenvalue weighted by atomic mass is 16.1. The largest absolute Gasteiger partial charge is 0.299 e. The van der Waals surface area contributed by atoms with Gasteiger partial charge >= 0.3 is 0 Å². The van der Waals surface area contributed by atoms with Crippen LogP contribution in [0.25, 0.3) is 0 Å². The van der Waals surface area contributed by atoms with E-state index < -0.39 is 0 Å². The highest BCUT2D eigenvalue weighted by molar-refractivity contribution is 5.85. The zero-order valence-electron chi connectivity index (χ0n) is 9.74. The number of Topliss-reactive ketones (excluding diaryl/α,β-unsaturated/α-hetero) is 1. The van der Waals surface area contributed by atoms with Gasteiger partial charge in [-0.15, -0.1) is 0 Å². The first-order valence-corrected chi connectivity index (χ1v) is 6.22. The number of carbonyl (C=O) groups is 1. The predicted octanol–water partition coefficient (Wildman–Crippen LogP) is 4.05. The molecule has 1 nitrogen and oxygen atoms in total. The van der Waals surface area contributed by atoms with Crippen molar-refractivity contribution in [1.82, 2.24) is 0 Å². The maximum Gasteiger partial charge on any atom is 0.143 e. The standard InChI is InChI=1S/C14H22O/c1-2-3-4-5-6-7-12-14(15)13-10-8-9-11-13/h8-11,13H,2-7,12H2,1H3. The Morgan fingerprint density at radius 3 is 2.27 bits per heavy atom. The quantitative estimate of drug-likeness (QED) is 0.548. The summed E-state index contributed by atoms with van der Waals surface area (Å²) < 4.78 is 0. The SMILES string of the molecule is CCCCCCCCC(=O)C1C=CC=C1. The molecule has 0 spiro atoms. The fourth-order valence-electron chi connectivity index (χ4n) is 1.89. The van der Waals surface area contributed by atoms with Crippen molar-refractivity contribution in [3.63, 3.8) is 0 Å². The number of ketones is 1. The monoisotopic (exact) mass is 206 g/mol. The number of allylic oxidation sites excluding steroid dienone is 4. The molecule has 0 aromatic rings. The van der Waals surface area contributed by atoms with Crippen molar-refractivity contribution >= 4 is 5.78 Å².